The summed E-state index contributed by atoms with van der Waals surface area (Å²) in [6.45, 7) is 3.99. The minimum atomic E-state index is -1.14. The highest BCUT2D eigenvalue weighted by Crippen LogP contribution is 2.15. The highest BCUT2D eigenvalue weighted by atomic mass is 32.2. The molecule has 0 bridgehead atoms. The molecule has 0 aromatic rings. The number of carboxylic acid groups (broad SMARTS) is 1. The molecule has 5 heteroatoms. The van der Waals surface area contributed by atoms with Crippen molar-refractivity contribution in [2.45, 2.75) is 24.6 Å². The second-order valence-corrected chi connectivity index (χ2v) is 4.51. The van der Waals surface area contributed by atoms with Crippen LogP contribution in [0.2, 0.25) is 0 Å². The molecule has 0 aliphatic carbocycles. The molecule has 0 heterocycles. The lowest BCUT2D eigenvalue weighted by Gasteiger charge is -2.20. The summed E-state index contributed by atoms with van der Waals surface area (Å²) in [7, 11) is 0. The molecule has 0 aliphatic rings. The van der Waals surface area contributed by atoms with Crippen LogP contribution in [0.25, 0.3) is 0 Å². The van der Waals surface area contributed by atoms with Crippen molar-refractivity contribution in [1.82, 2.24) is 0 Å². The number of rotatable bonds is 5. The summed E-state index contributed by atoms with van der Waals surface area (Å²) in [5.41, 5.74) is 9.73. The van der Waals surface area contributed by atoms with Crippen LogP contribution in [0.1, 0.15) is 13.8 Å². The van der Waals surface area contributed by atoms with E-state index >= 15 is 0 Å². The number of nitrogens with two attached hydrogens (primary N) is 2. The number of aliphatic carboxylic acids is 1. The Balaban J connectivity index is 3.83. The first-order valence-electron chi connectivity index (χ1n) is 3.74. The maximum atomic E-state index is 10.6. The number of carbonyl (C=O) groups is 1. The minimum absolute atomic E-state index is 0.257. The van der Waals surface area contributed by atoms with Crippen LogP contribution in [-0.4, -0.2) is 34.2 Å². The van der Waals surface area contributed by atoms with Crippen molar-refractivity contribution in [2.75, 3.05) is 12.3 Å². The molecule has 0 saturated carbocycles. The molecular weight excluding hydrogens is 176 g/mol. The number of thioether (sulfide) groups is 1. The second kappa shape index (κ2) is 4.69. The summed E-state index contributed by atoms with van der Waals surface area (Å²) in [6, 6.07) is 0. The topological polar surface area (TPSA) is 89.3 Å². The zero-order chi connectivity index (χ0) is 9.78. The van der Waals surface area contributed by atoms with Gasteiger partial charge in [0.15, 0.2) is 0 Å². The van der Waals surface area contributed by atoms with Crippen molar-refractivity contribution in [1.29, 1.82) is 0 Å². The van der Waals surface area contributed by atoms with Gasteiger partial charge in [-0.3, -0.25) is 4.79 Å². The van der Waals surface area contributed by atoms with E-state index in [0.717, 1.165) is 0 Å². The summed E-state index contributed by atoms with van der Waals surface area (Å²) in [5, 5.41) is 8.91. The van der Waals surface area contributed by atoms with Gasteiger partial charge in [0.05, 0.1) is 0 Å². The zero-order valence-electron chi connectivity index (χ0n) is 7.41. The van der Waals surface area contributed by atoms with Gasteiger partial charge in [-0.1, -0.05) is 6.92 Å². The molecule has 72 valence electrons. The van der Waals surface area contributed by atoms with Crippen LogP contribution in [0.5, 0.6) is 0 Å². The quantitative estimate of drug-likeness (QED) is 0.564. The van der Waals surface area contributed by atoms with Crippen LogP contribution in [-0.2, 0) is 4.79 Å². The fourth-order valence-corrected chi connectivity index (χ4v) is 1.34. The van der Waals surface area contributed by atoms with Crippen LogP contribution in [0, 0.1) is 0 Å². The van der Waals surface area contributed by atoms with Gasteiger partial charge in [0.25, 0.3) is 0 Å². The molecule has 0 aliphatic heterocycles. The third-order valence-corrected chi connectivity index (χ3v) is 3.02. The summed E-state index contributed by atoms with van der Waals surface area (Å²) in [6.07, 6.45) is 0. The third kappa shape index (κ3) is 3.94. The van der Waals surface area contributed by atoms with E-state index in [1.807, 2.05) is 6.92 Å². The number of hydrogen-bond donors (Lipinski definition) is 3. The molecule has 0 aromatic carbocycles. The zero-order valence-corrected chi connectivity index (χ0v) is 8.23. The molecule has 2 atom stereocenters. The normalized spacial score (nSPS) is 18.3. The lowest BCUT2D eigenvalue weighted by atomic mass is 10.1. The number of hydrogen-bond acceptors (Lipinski definition) is 4. The largest absolute Gasteiger partial charge is 0.480 e. The Morgan fingerprint density at radius 3 is 2.58 bits per heavy atom. The van der Waals surface area contributed by atoms with Gasteiger partial charge < -0.3 is 16.6 Å². The van der Waals surface area contributed by atoms with E-state index in [0.29, 0.717) is 12.3 Å². The lowest BCUT2D eigenvalue weighted by molar-refractivity contribution is -0.141. The molecular formula is C7H16N2O2S. The summed E-state index contributed by atoms with van der Waals surface area (Å²) < 4.78 is 0. The molecule has 0 rings (SSSR count). The van der Waals surface area contributed by atoms with E-state index in [9.17, 15) is 4.79 Å². The molecule has 0 fully saturated rings. The lowest BCUT2D eigenvalue weighted by Crippen LogP contribution is -2.47. The average molecular weight is 192 g/mol. The molecule has 0 amide bonds. The fourth-order valence-electron chi connectivity index (χ4n) is 0.445. The summed E-state index contributed by atoms with van der Waals surface area (Å²) >= 11 is 1.48. The van der Waals surface area contributed by atoms with Crippen molar-refractivity contribution in [2.24, 2.45) is 11.5 Å². The van der Waals surface area contributed by atoms with E-state index in [1.54, 1.807) is 0 Å². The van der Waals surface area contributed by atoms with Gasteiger partial charge in [-0.25, -0.2) is 0 Å². The van der Waals surface area contributed by atoms with Crippen molar-refractivity contribution >= 4 is 17.7 Å². The van der Waals surface area contributed by atoms with Crippen molar-refractivity contribution in [3.63, 3.8) is 0 Å². The molecule has 0 radical (unpaired) electrons. The molecule has 5 N–H and O–H groups in total. The van der Waals surface area contributed by atoms with Gasteiger partial charge in [-0.15, -0.1) is 0 Å². The van der Waals surface area contributed by atoms with E-state index in [-0.39, 0.29) is 5.25 Å². The Morgan fingerprint density at radius 1 is 1.75 bits per heavy atom. The predicted octanol–water partition coefficient (Wildman–Crippen LogP) is -0.131. The van der Waals surface area contributed by atoms with Crippen LogP contribution in [0.4, 0.5) is 0 Å². The second-order valence-electron chi connectivity index (χ2n) is 3.08. The molecule has 12 heavy (non-hydrogen) atoms. The molecule has 0 spiro atoms. The minimum Gasteiger partial charge on any atom is -0.480 e. The van der Waals surface area contributed by atoms with Gasteiger partial charge in [0, 0.05) is 17.5 Å². The standard InChI is InChI=1S/C7H16N2O2S/c1-5(3-8)12-4-7(2,9)6(10)11/h5H,3-4,8-9H2,1-2H3,(H,10,11). The average Bonchev–Trinajstić information content (AvgIpc) is 2.00. The van der Waals surface area contributed by atoms with E-state index < -0.39 is 11.5 Å². The smallest absolute Gasteiger partial charge is 0.324 e. The highest BCUT2D eigenvalue weighted by molar-refractivity contribution is 8.00. The van der Waals surface area contributed by atoms with Gasteiger partial charge in [-0.05, 0) is 6.92 Å². The Hall–Kier alpha value is -0.260. The van der Waals surface area contributed by atoms with Gasteiger partial charge in [0.1, 0.15) is 5.54 Å². The molecule has 0 aromatic heterocycles. The Morgan fingerprint density at radius 2 is 2.25 bits per heavy atom. The van der Waals surface area contributed by atoms with E-state index in [2.05, 4.69) is 0 Å². The third-order valence-electron chi connectivity index (χ3n) is 1.49. The number of carboxylic acids is 1. The molecule has 2 unspecified atom stereocenters. The Bertz CT molecular complexity index is 161. The highest BCUT2D eigenvalue weighted by Gasteiger charge is 2.28. The van der Waals surface area contributed by atoms with Gasteiger partial charge in [0.2, 0.25) is 0 Å². The molecule has 0 saturated heterocycles. The van der Waals surface area contributed by atoms with Crippen molar-refractivity contribution < 1.29 is 9.90 Å². The maximum absolute atomic E-state index is 10.6. The SMILES string of the molecule is CC(CN)SCC(C)(N)C(=O)O. The first-order chi connectivity index (χ1) is 5.40. The first-order valence-corrected chi connectivity index (χ1v) is 4.79. The van der Waals surface area contributed by atoms with Crippen LogP contribution < -0.4 is 11.5 Å². The van der Waals surface area contributed by atoms with Crippen LogP contribution in [0.3, 0.4) is 0 Å². The Labute approximate surface area is 76.7 Å². The first kappa shape index (κ1) is 11.7. The van der Waals surface area contributed by atoms with E-state index in [4.69, 9.17) is 16.6 Å². The van der Waals surface area contributed by atoms with Gasteiger partial charge in [-0.2, -0.15) is 11.8 Å². The van der Waals surface area contributed by atoms with E-state index in [1.165, 1.54) is 18.7 Å². The summed E-state index contributed by atoms with van der Waals surface area (Å²) in [5.74, 6) is -0.583. The van der Waals surface area contributed by atoms with Crippen molar-refractivity contribution in [3.8, 4) is 0 Å². The van der Waals surface area contributed by atoms with Crippen molar-refractivity contribution in [3.05, 3.63) is 0 Å². The van der Waals surface area contributed by atoms with Crippen LogP contribution in [0.15, 0.2) is 0 Å². The fraction of sp³-hybridized carbons (Fsp3) is 0.857. The van der Waals surface area contributed by atoms with Gasteiger partial charge >= 0.3 is 5.97 Å². The molecule has 4 nitrogen and oxygen atoms in total. The Kier molecular flexibility index (Phi) is 4.59. The summed E-state index contributed by atoms with van der Waals surface area (Å²) in [4.78, 5) is 10.6. The monoisotopic (exact) mass is 192 g/mol. The maximum Gasteiger partial charge on any atom is 0.324 e. The van der Waals surface area contributed by atoms with Crippen LogP contribution >= 0.6 is 11.8 Å². The predicted molar refractivity (Wildman–Crippen MR) is 51.2 cm³/mol.